The van der Waals surface area contributed by atoms with Crippen molar-refractivity contribution >= 4 is 23.0 Å². The Morgan fingerprint density at radius 3 is 2.27 bits per heavy atom. The van der Waals surface area contributed by atoms with Gasteiger partial charge in [-0.1, -0.05) is 18.2 Å². The number of hydrogen-bond acceptors (Lipinski definition) is 6. The van der Waals surface area contributed by atoms with Crippen LogP contribution in [0.15, 0.2) is 42.5 Å². The lowest BCUT2D eigenvalue weighted by Gasteiger charge is -2.08. The number of nitro groups is 2. The molecule has 1 N–H and O–H groups in total. The van der Waals surface area contributed by atoms with Gasteiger partial charge in [-0.2, -0.15) is 5.10 Å². The van der Waals surface area contributed by atoms with Crippen molar-refractivity contribution in [2.45, 2.75) is 27.3 Å². The largest absolute Gasteiger partial charge is 0.322 e. The van der Waals surface area contributed by atoms with Crippen molar-refractivity contribution in [1.82, 2.24) is 9.78 Å². The number of benzene rings is 2. The van der Waals surface area contributed by atoms with E-state index in [0.29, 0.717) is 34.7 Å². The van der Waals surface area contributed by atoms with Gasteiger partial charge in [-0.05, 0) is 44.5 Å². The van der Waals surface area contributed by atoms with E-state index in [1.165, 1.54) is 6.07 Å². The van der Waals surface area contributed by atoms with E-state index in [-0.39, 0.29) is 11.4 Å². The van der Waals surface area contributed by atoms with Crippen LogP contribution in [-0.4, -0.2) is 25.5 Å². The minimum atomic E-state index is -0.497. The number of nitro benzene ring substituents is 1. The molecule has 0 unspecified atom stereocenters. The predicted octanol–water partition coefficient (Wildman–Crippen LogP) is 3.93. The molecular formula is C20H19N5O5. The van der Waals surface area contributed by atoms with Gasteiger partial charge in [0.1, 0.15) is 11.4 Å². The van der Waals surface area contributed by atoms with Gasteiger partial charge in [0, 0.05) is 22.9 Å². The molecule has 0 radical (unpaired) electrons. The third-order valence-electron chi connectivity index (χ3n) is 4.74. The molecule has 10 nitrogen and oxygen atoms in total. The fourth-order valence-electron chi connectivity index (χ4n) is 3.13. The molecule has 3 rings (SSSR count). The SMILES string of the molecule is Cc1ccc(NC(=O)c2ccc(Cn3nc(C)c([N+](=O)[O-])c3C)cc2)cc1[N+](=O)[O-]. The predicted molar refractivity (Wildman–Crippen MR) is 110 cm³/mol. The molecule has 3 aromatic rings. The van der Waals surface area contributed by atoms with Gasteiger partial charge in [0.15, 0.2) is 0 Å². The lowest BCUT2D eigenvalue weighted by atomic mass is 10.1. The molecule has 0 fully saturated rings. The van der Waals surface area contributed by atoms with Gasteiger partial charge in [-0.15, -0.1) is 0 Å². The summed E-state index contributed by atoms with van der Waals surface area (Å²) >= 11 is 0. The fraction of sp³-hybridized carbons (Fsp3) is 0.200. The zero-order valence-corrected chi connectivity index (χ0v) is 16.6. The van der Waals surface area contributed by atoms with Crippen LogP contribution in [0.2, 0.25) is 0 Å². The van der Waals surface area contributed by atoms with E-state index in [0.717, 1.165) is 5.56 Å². The summed E-state index contributed by atoms with van der Waals surface area (Å²) in [6, 6.07) is 11.2. The van der Waals surface area contributed by atoms with Crippen molar-refractivity contribution < 1.29 is 14.6 Å². The molecule has 0 aliphatic rings. The Hall–Kier alpha value is -4.08. The minimum absolute atomic E-state index is 0.00168. The number of carbonyl (C=O) groups is 1. The van der Waals surface area contributed by atoms with Gasteiger partial charge in [0.25, 0.3) is 11.6 Å². The summed E-state index contributed by atoms with van der Waals surface area (Å²) in [6.07, 6.45) is 0. The summed E-state index contributed by atoms with van der Waals surface area (Å²) in [4.78, 5) is 33.7. The second-order valence-electron chi connectivity index (χ2n) is 6.84. The monoisotopic (exact) mass is 409 g/mol. The quantitative estimate of drug-likeness (QED) is 0.484. The van der Waals surface area contributed by atoms with Gasteiger partial charge in [0.2, 0.25) is 0 Å². The maximum atomic E-state index is 12.5. The summed E-state index contributed by atoms with van der Waals surface area (Å²) in [5.74, 6) is -0.401. The number of hydrogen-bond donors (Lipinski definition) is 1. The molecular weight excluding hydrogens is 390 g/mol. The first-order valence-electron chi connectivity index (χ1n) is 9.01. The minimum Gasteiger partial charge on any atom is -0.322 e. The van der Waals surface area contributed by atoms with Crippen LogP contribution in [0.5, 0.6) is 0 Å². The van der Waals surface area contributed by atoms with Gasteiger partial charge in [-0.25, -0.2) is 0 Å². The molecule has 0 bridgehead atoms. The number of carbonyl (C=O) groups excluding carboxylic acids is 1. The van der Waals surface area contributed by atoms with E-state index in [1.807, 2.05) is 0 Å². The van der Waals surface area contributed by atoms with Crippen LogP contribution in [0, 0.1) is 41.0 Å². The van der Waals surface area contributed by atoms with Crippen molar-refractivity contribution in [2.24, 2.45) is 0 Å². The highest BCUT2D eigenvalue weighted by Gasteiger charge is 2.21. The second-order valence-corrected chi connectivity index (χ2v) is 6.84. The standard InChI is InChI=1S/C20H19N5O5/c1-12-4-9-17(10-18(12)24(27)28)21-20(26)16-7-5-15(6-8-16)11-23-14(3)19(25(29)30)13(2)22-23/h4-10H,11H2,1-3H3,(H,21,26). The molecule has 0 aliphatic heterocycles. The Bertz CT molecular complexity index is 1150. The summed E-state index contributed by atoms with van der Waals surface area (Å²) < 4.78 is 1.55. The highest BCUT2D eigenvalue weighted by Crippen LogP contribution is 2.24. The number of nitrogens with one attached hydrogen (secondary N) is 1. The van der Waals surface area contributed by atoms with E-state index in [1.54, 1.807) is 61.9 Å². The number of nitrogens with zero attached hydrogens (tertiary/aromatic N) is 4. The Kier molecular flexibility index (Phi) is 5.58. The molecule has 0 aliphatic carbocycles. The van der Waals surface area contributed by atoms with Crippen LogP contribution < -0.4 is 5.32 Å². The first-order chi connectivity index (χ1) is 14.2. The van der Waals surface area contributed by atoms with Crippen LogP contribution in [0.3, 0.4) is 0 Å². The first kappa shape index (κ1) is 20.6. The van der Waals surface area contributed by atoms with Crippen LogP contribution in [0.1, 0.15) is 32.9 Å². The number of rotatable bonds is 6. The maximum Gasteiger partial charge on any atom is 0.312 e. The molecule has 1 aromatic heterocycles. The Labute approximate surface area is 171 Å². The number of amides is 1. The molecule has 0 saturated heterocycles. The maximum absolute atomic E-state index is 12.5. The van der Waals surface area contributed by atoms with Gasteiger partial charge in [-0.3, -0.25) is 29.7 Å². The normalized spacial score (nSPS) is 10.6. The van der Waals surface area contributed by atoms with Crippen molar-refractivity contribution in [3.05, 3.63) is 90.8 Å². The number of aromatic nitrogens is 2. The summed E-state index contributed by atoms with van der Waals surface area (Å²) in [5, 5.41) is 29.0. The third-order valence-corrected chi connectivity index (χ3v) is 4.74. The number of anilines is 1. The highest BCUT2D eigenvalue weighted by molar-refractivity contribution is 6.04. The highest BCUT2D eigenvalue weighted by atomic mass is 16.6. The zero-order valence-electron chi connectivity index (χ0n) is 16.6. The summed E-state index contributed by atoms with van der Waals surface area (Å²) in [6.45, 7) is 5.18. The van der Waals surface area contributed by atoms with Crippen LogP contribution in [0.25, 0.3) is 0 Å². The van der Waals surface area contributed by atoms with Crippen molar-refractivity contribution in [3.8, 4) is 0 Å². The van der Waals surface area contributed by atoms with E-state index in [2.05, 4.69) is 10.4 Å². The fourth-order valence-corrected chi connectivity index (χ4v) is 3.13. The summed E-state index contributed by atoms with van der Waals surface area (Å²) in [5.41, 5.74) is 2.77. The molecule has 30 heavy (non-hydrogen) atoms. The van der Waals surface area contributed by atoms with Crippen molar-refractivity contribution in [1.29, 1.82) is 0 Å². The average Bonchev–Trinajstić information content (AvgIpc) is 2.96. The van der Waals surface area contributed by atoms with E-state index < -0.39 is 15.8 Å². The first-order valence-corrected chi connectivity index (χ1v) is 9.01. The second kappa shape index (κ2) is 8.11. The third kappa shape index (κ3) is 4.17. The Balaban J connectivity index is 1.74. The Morgan fingerprint density at radius 2 is 1.70 bits per heavy atom. The smallest absolute Gasteiger partial charge is 0.312 e. The molecule has 10 heteroatoms. The van der Waals surface area contributed by atoms with Gasteiger partial charge < -0.3 is 5.32 Å². The lowest BCUT2D eigenvalue weighted by molar-refractivity contribution is -0.386. The van der Waals surface area contributed by atoms with Crippen molar-refractivity contribution in [2.75, 3.05) is 5.32 Å². The molecule has 1 amide bonds. The Morgan fingerprint density at radius 1 is 1.03 bits per heavy atom. The molecule has 0 spiro atoms. The molecule has 1 heterocycles. The molecule has 2 aromatic carbocycles. The lowest BCUT2D eigenvalue weighted by Crippen LogP contribution is -2.12. The molecule has 154 valence electrons. The van der Waals surface area contributed by atoms with E-state index in [4.69, 9.17) is 0 Å². The zero-order chi connectivity index (χ0) is 22.0. The van der Waals surface area contributed by atoms with E-state index in [9.17, 15) is 25.0 Å². The van der Waals surface area contributed by atoms with Gasteiger partial charge in [0.05, 0.1) is 16.4 Å². The van der Waals surface area contributed by atoms with Crippen molar-refractivity contribution in [3.63, 3.8) is 0 Å². The van der Waals surface area contributed by atoms with Gasteiger partial charge >= 0.3 is 5.69 Å². The molecule has 0 atom stereocenters. The molecule has 0 saturated carbocycles. The van der Waals surface area contributed by atoms with Crippen LogP contribution in [0.4, 0.5) is 17.1 Å². The van der Waals surface area contributed by atoms with Crippen LogP contribution in [-0.2, 0) is 6.54 Å². The van der Waals surface area contributed by atoms with E-state index >= 15 is 0 Å². The van der Waals surface area contributed by atoms with Crippen LogP contribution >= 0.6 is 0 Å². The topological polar surface area (TPSA) is 133 Å². The average molecular weight is 409 g/mol. The summed E-state index contributed by atoms with van der Waals surface area (Å²) in [7, 11) is 0. The number of aryl methyl sites for hydroxylation is 2.